The Hall–Kier alpha value is -2.67. The second-order valence-electron chi connectivity index (χ2n) is 8.54. The van der Waals surface area contributed by atoms with Crippen molar-refractivity contribution in [2.75, 3.05) is 26.3 Å². The van der Waals surface area contributed by atoms with Gasteiger partial charge in [-0.2, -0.15) is 0 Å². The Morgan fingerprint density at radius 1 is 1.29 bits per heavy atom. The molecule has 0 spiro atoms. The number of ether oxygens (including phenoxy) is 2. The van der Waals surface area contributed by atoms with Gasteiger partial charge in [-0.15, -0.1) is 0 Å². The molecule has 0 bridgehead atoms. The summed E-state index contributed by atoms with van der Waals surface area (Å²) in [6.07, 6.45) is 2.96. The lowest BCUT2D eigenvalue weighted by Crippen LogP contribution is -2.53. The van der Waals surface area contributed by atoms with Crippen LogP contribution in [-0.2, 0) is 25.5 Å². The molecule has 0 unspecified atom stereocenters. The lowest BCUT2D eigenvalue weighted by Gasteiger charge is -2.41. The van der Waals surface area contributed by atoms with Gasteiger partial charge in [0.25, 0.3) is 5.91 Å². The lowest BCUT2D eigenvalue weighted by molar-refractivity contribution is -0.162. The molecule has 2 aliphatic rings. The second kappa shape index (κ2) is 9.22. The van der Waals surface area contributed by atoms with Gasteiger partial charge in [-0.05, 0) is 45.1 Å². The molecule has 0 N–H and O–H groups in total. The van der Waals surface area contributed by atoms with E-state index in [1.54, 1.807) is 11.8 Å². The monoisotopic (exact) mass is 426 g/mol. The molecule has 2 fully saturated rings. The Balaban J connectivity index is 1.57. The van der Waals surface area contributed by atoms with Crippen molar-refractivity contribution < 1.29 is 23.6 Å². The molecule has 1 amide bonds. The van der Waals surface area contributed by atoms with Crippen LogP contribution in [0.25, 0.3) is 11.3 Å². The van der Waals surface area contributed by atoms with Gasteiger partial charge in [0.15, 0.2) is 0 Å². The Morgan fingerprint density at radius 2 is 2.13 bits per heavy atom. The van der Waals surface area contributed by atoms with Crippen molar-refractivity contribution in [2.45, 2.75) is 52.1 Å². The van der Waals surface area contributed by atoms with Crippen molar-refractivity contribution in [1.82, 2.24) is 10.1 Å². The van der Waals surface area contributed by atoms with Gasteiger partial charge >= 0.3 is 5.97 Å². The number of hydrogen-bond donors (Lipinski definition) is 0. The van der Waals surface area contributed by atoms with Crippen LogP contribution in [0.3, 0.4) is 0 Å². The topological polar surface area (TPSA) is 81.9 Å². The van der Waals surface area contributed by atoms with E-state index < -0.39 is 11.5 Å². The summed E-state index contributed by atoms with van der Waals surface area (Å²) in [4.78, 5) is 27.8. The average Bonchev–Trinajstić information content (AvgIpc) is 3.46. The number of likely N-dealkylation sites (tertiary alicyclic amines) is 1. The maximum atomic E-state index is 13.1. The van der Waals surface area contributed by atoms with Crippen molar-refractivity contribution in [2.24, 2.45) is 5.41 Å². The van der Waals surface area contributed by atoms with Crippen LogP contribution in [0, 0.1) is 12.3 Å². The first kappa shape index (κ1) is 21.6. The van der Waals surface area contributed by atoms with E-state index in [9.17, 15) is 9.59 Å². The van der Waals surface area contributed by atoms with Crippen molar-refractivity contribution in [1.29, 1.82) is 0 Å². The summed E-state index contributed by atoms with van der Waals surface area (Å²) < 4.78 is 16.7. The zero-order chi connectivity index (χ0) is 21.8. The lowest BCUT2D eigenvalue weighted by atomic mass is 9.76. The Labute approximate surface area is 182 Å². The van der Waals surface area contributed by atoms with Crippen molar-refractivity contribution >= 4 is 11.9 Å². The van der Waals surface area contributed by atoms with E-state index >= 15 is 0 Å². The molecule has 0 radical (unpaired) electrons. The van der Waals surface area contributed by atoms with Crippen LogP contribution in [-0.4, -0.2) is 54.3 Å². The van der Waals surface area contributed by atoms with E-state index in [4.69, 9.17) is 14.0 Å². The standard InChI is InChI=1S/C24H30N2O5/c1-3-29-23(28)24(11-7-12-26(16-24)22(27)21-10-6-13-30-21)15-18-14-20(25-31-18)19-9-5-4-8-17(19)2/h4-5,8-9,14,21H,3,6-7,10-13,15-16H2,1-2H3/t21-,24-/m0/s1. The van der Waals surface area contributed by atoms with Crippen molar-refractivity contribution in [3.8, 4) is 11.3 Å². The minimum Gasteiger partial charge on any atom is -0.466 e. The number of esters is 1. The highest BCUT2D eigenvalue weighted by atomic mass is 16.5. The maximum Gasteiger partial charge on any atom is 0.314 e. The van der Waals surface area contributed by atoms with Crippen LogP contribution in [0.2, 0.25) is 0 Å². The highest BCUT2D eigenvalue weighted by Crippen LogP contribution is 2.37. The maximum absolute atomic E-state index is 13.1. The Morgan fingerprint density at radius 3 is 2.87 bits per heavy atom. The van der Waals surface area contributed by atoms with Gasteiger partial charge in [-0.25, -0.2) is 0 Å². The second-order valence-corrected chi connectivity index (χ2v) is 8.54. The molecule has 166 valence electrons. The molecule has 31 heavy (non-hydrogen) atoms. The van der Waals surface area contributed by atoms with Gasteiger partial charge in [-0.1, -0.05) is 29.4 Å². The van der Waals surface area contributed by atoms with E-state index in [0.29, 0.717) is 44.9 Å². The number of piperidine rings is 1. The first-order valence-corrected chi connectivity index (χ1v) is 11.1. The van der Waals surface area contributed by atoms with Crippen LogP contribution in [0.4, 0.5) is 0 Å². The minimum absolute atomic E-state index is 0.0240. The smallest absolute Gasteiger partial charge is 0.314 e. The predicted octanol–water partition coefficient (Wildman–Crippen LogP) is 3.54. The summed E-state index contributed by atoms with van der Waals surface area (Å²) in [6, 6.07) is 9.87. The van der Waals surface area contributed by atoms with Crippen LogP contribution in [0.15, 0.2) is 34.9 Å². The van der Waals surface area contributed by atoms with E-state index in [1.807, 2.05) is 37.3 Å². The van der Waals surface area contributed by atoms with Crippen molar-refractivity contribution in [3.05, 3.63) is 41.7 Å². The largest absolute Gasteiger partial charge is 0.466 e. The van der Waals surface area contributed by atoms with Gasteiger partial charge in [0.1, 0.15) is 17.6 Å². The van der Waals surface area contributed by atoms with Gasteiger partial charge in [-0.3, -0.25) is 9.59 Å². The van der Waals surface area contributed by atoms with Gasteiger partial charge in [0.05, 0.1) is 12.0 Å². The van der Waals surface area contributed by atoms with E-state index in [1.165, 1.54) is 0 Å². The number of carbonyl (C=O) groups excluding carboxylic acids is 2. The number of nitrogens with zero attached hydrogens (tertiary/aromatic N) is 2. The van der Waals surface area contributed by atoms with Gasteiger partial charge in [0.2, 0.25) is 0 Å². The SMILES string of the molecule is CCOC(=O)[C@]1(Cc2cc(-c3ccccc3C)no2)CCCN(C(=O)[C@@H]2CCCO2)C1. The third-order valence-corrected chi connectivity index (χ3v) is 6.29. The van der Waals surface area contributed by atoms with Crippen molar-refractivity contribution in [3.63, 3.8) is 0 Å². The first-order chi connectivity index (χ1) is 15.0. The van der Waals surface area contributed by atoms with E-state index in [2.05, 4.69) is 5.16 Å². The number of carbonyl (C=O) groups is 2. The number of aromatic nitrogens is 1. The molecule has 2 aromatic rings. The van der Waals surface area contributed by atoms with Crippen LogP contribution in [0.1, 0.15) is 43.9 Å². The summed E-state index contributed by atoms with van der Waals surface area (Å²) in [5.41, 5.74) is 2.01. The zero-order valence-electron chi connectivity index (χ0n) is 18.3. The Bertz CT molecular complexity index is 934. The summed E-state index contributed by atoms with van der Waals surface area (Å²) in [6.45, 7) is 5.68. The van der Waals surface area contributed by atoms with Gasteiger partial charge < -0.3 is 18.9 Å². The summed E-state index contributed by atoms with van der Waals surface area (Å²) in [5.74, 6) is 0.315. The third-order valence-electron chi connectivity index (χ3n) is 6.29. The van der Waals surface area contributed by atoms with Crippen LogP contribution >= 0.6 is 0 Å². The minimum atomic E-state index is -0.842. The summed E-state index contributed by atoms with van der Waals surface area (Å²) >= 11 is 0. The van der Waals surface area contributed by atoms with E-state index in [-0.39, 0.29) is 11.9 Å². The fourth-order valence-corrected chi connectivity index (χ4v) is 4.68. The molecule has 7 nitrogen and oxygen atoms in total. The molecule has 0 saturated carbocycles. The number of aryl methyl sites for hydroxylation is 1. The van der Waals surface area contributed by atoms with Crippen LogP contribution in [0.5, 0.6) is 0 Å². The highest BCUT2D eigenvalue weighted by Gasteiger charge is 2.46. The van der Waals surface area contributed by atoms with Gasteiger partial charge in [0, 0.05) is 37.7 Å². The normalized spacial score (nSPS) is 23.7. The fraction of sp³-hybridized carbons (Fsp3) is 0.542. The molecular formula is C24H30N2O5. The average molecular weight is 427 g/mol. The number of hydrogen-bond acceptors (Lipinski definition) is 6. The first-order valence-electron chi connectivity index (χ1n) is 11.1. The highest BCUT2D eigenvalue weighted by molar-refractivity contribution is 5.83. The molecule has 1 aromatic heterocycles. The molecule has 0 aliphatic carbocycles. The quantitative estimate of drug-likeness (QED) is 0.657. The molecule has 2 saturated heterocycles. The number of amides is 1. The molecular weight excluding hydrogens is 396 g/mol. The number of rotatable bonds is 6. The molecule has 3 heterocycles. The molecule has 2 aliphatic heterocycles. The fourth-order valence-electron chi connectivity index (χ4n) is 4.68. The third kappa shape index (κ3) is 4.51. The van der Waals surface area contributed by atoms with E-state index in [0.717, 1.165) is 36.1 Å². The summed E-state index contributed by atoms with van der Waals surface area (Å²) in [5, 5.41) is 4.24. The molecule has 4 rings (SSSR count). The molecule has 7 heteroatoms. The molecule has 1 aromatic carbocycles. The summed E-state index contributed by atoms with van der Waals surface area (Å²) in [7, 11) is 0. The van der Waals surface area contributed by atoms with Crippen LogP contribution < -0.4 is 0 Å². The number of benzene rings is 1. The zero-order valence-corrected chi connectivity index (χ0v) is 18.3. The molecule has 2 atom stereocenters. The Kier molecular flexibility index (Phi) is 6.41. The predicted molar refractivity (Wildman–Crippen MR) is 114 cm³/mol.